The third-order valence-corrected chi connectivity index (χ3v) is 5.08. The SMILES string of the molecule is CC(C)(C)C1(CN2CCOCC2)CCCCC(=O)N1C(=O)O. The normalized spacial score (nSPS) is 28.5. The Morgan fingerprint density at radius 3 is 2.45 bits per heavy atom. The van der Waals surface area contributed by atoms with Gasteiger partial charge in [0.25, 0.3) is 0 Å². The third kappa shape index (κ3) is 3.27. The maximum Gasteiger partial charge on any atom is 0.414 e. The van der Waals surface area contributed by atoms with Crippen molar-refractivity contribution in [2.45, 2.75) is 52.0 Å². The van der Waals surface area contributed by atoms with Crippen LogP contribution in [-0.2, 0) is 9.53 Å². The Labute approximate surface area is 132 Å². The van der Waals surface area contributed by atoms with Gasteiger partial charge in [-0.3, -0.25) is 9.69 Å². The van der Waals surface area contributed by atoms with Crippen molar-refractivity contribution < 1.29 is 19.4 Å². The van der Waals surface area contributed by atoms with Gasteiger partial charge in [0.2, 0.25) is 5.91 Å². The third-order valence-electron chi connectivity index (χ3n) is 5.08. The number of carbonyl (C=O) groups is 2. The molecule has 0 saturated carbocycles. The van der Waals surface area contributed by atoms with Crippen LogP contribution in [0.1, 0.15) is 46.5 Å². The molecule has 2 heterocycles. The average Bonchev–Trinajstić information content (AvgIpc) is 2.59. The molecular formula is C16H28N2O4. The Morgan fingerprint density at radius 2 is 1.91 bits per heavy atom. The first-order valence-electron chi connectivity index (χ1n) is 8.14. The number of hydrogen-bond acceptors (Lipinski definition) is 4. The summed E-state index contributed by atoms with van der Waals surface area (Å²) in [5, 5.41) is 9.72. The molecular weight excluding hydrogens is 284 g/mol. The average molecular weight is 312 g/mol. The van der Waals surface area contributed by atoms with Crippen LogP contribution < -0.4 is 0 Å². The highest BCUT2D eigenvalue weighted by Crippen LogP contribution is 2.43. The van der Waals surface area contributed by atoms with E-state index in [1.165, 1.54) is 0 Å². The lowest BCUT2D eigenvalue weighted by atomic mass is 9.69. The van der Waals surface area contributed by atoms with Gasteiger partial charge in [-0.15, -0.1) is 0 Å². The fourth-order valence-corrected chi connectivity index (χ4v) is 3.67. The lowest BCUT2D eigenvalue weighted by Crippen LogP contribution is -2.66. The Bertz CT molecular complexity index is 426. The van der Waals surface area contributed by atoms with Crippen LogP contribution in [0.5, 0.6) is 0 Å². The molecule has 2 aliphatic heterocycles. The summed E-state index contributed by atoms with van der Waals surface area (Å²) in [4.78, 5) is 27.7. The van der Waals surface area contributed by atoms with Crippen molar-refractivity contribution in [1.82, 2.24) is 9.80 Å². The summed E-state index contributed by atoms with van der Waals surface area (Å²) in [6, 6.07) is 0. The maximum atomic E-state index is 12.5. The van der Waals surface area contributed by atoms with Crippen molar-refractivity contribution in [2.75, 3.05) is 32.8 Å². The molecule has 2 fully saturated rings. The van der Waals surface area contributed by atoms with E-state index in [1.54, 1.807) is 0 Å². The predicted octanol–water partition coefficient (Wildman–Crippen LogP) is 2.18. The number of imide groups is 1. The molecule has 2 aliphatic rings. The monoisotopic (exact) mass is 312 g/mol. The molecule has 0 aromatic heterocycles. The molecule has 0 aromatic rings. The lowest BCUT2D eigenvalue weighted by Gasteiger charge is -2.51. The van der Waals surface area contributed by atoms with E-state index in [0.29, 0.717) is 26.2 Å². The molecule has 2 amide bonds. The Balaban J connectivity index is 2.39. The Morgan fingerprint density at radius 1 is 1.27 bits per heavy atom. The number of carbonyl (C=O) groups excluding carboxylic acids is 1. The van der Waals surface area contributed by atoms with Crippen LogP contribution in [-0.4, -0.2) is 65.3 Å². The minimum absolute atomic E-state index is 0.256. The number of morpholine rings is 1. The summed E-state index contributed by atoms with van der Waals surface area (Å²) in [7, 11) is 0. The number of ether oxygens (including phenoxy) is 1. The topological polar surface area (TPSA) is 70.1 Å². The number of nitrogens with zero attached hydrogens (tertiary/aromatic N) is 2. The number of carboxylic acid groups (broad SMARTS) is 1. The molecule has 2 saturated heterocycles. The van der Waals surface area contributed by atoms with Gasteiger partial charge in [0.05, 0.1) is 18.8 Å². The molecule has 2 rings (SSSR count). The van der Waals surface area contributed by atoms with Crippen molar-refractivity contribution in [3.63, 3.8) is 0 Å². The molecule has 126 valence electrons. The predicted molar refractivity (Wildman–Crippen MR) is 82.8 cm³/mol. The zero-order chi connectivity index (χ0) is 16.4. The van der Waals surface area contributed by atoms with E-state index in [1.807, 2.05) is 20.8 Å². The second-order valence-corrected chi connectivity index (χ2v) is 7.39. The van der Waals surface area contributed by atoms with Gasteiger partial charge < -0.3 is 9.84 Å². The molecule has 22 heavy (non-hydrogen) atoms. The first-order valence-corrected chi connectivity index (χ1v) is 8.14. The molecule has 1 atom stereocenters. The largest absolute Gasteiger partial charge is 0.465 e. The van der Waals surface area contributed by atoms with E-state index in [0.717, 1.165) is 37.3 Å². The minimum Gasteiger partial charge on any atom is -0.465 e. The van der Waals surface area contributed by atoms with Gasteiger partial charge in [-0.2, -0.15) is 0 Å². The van der Waals surface area contributed by atoms with E-state index in [4.69, 9.17) is 4.74 Å². The Kier molecular flexibility index (Phi) is 5.12. The molecule has 6 nitrogen and oxygen atoms in total. The highest BCUT2D eigenvalue weighted by atomic mass is 16.5. The number of amides is 2. The fourth-order valence-electron chi connectivity index (χ4n) is 3.67. The highest BCUT2D eigenvalue weighted by molar-refractivity contribution is 5.92. The zero-order valence-electron chi connectivity index (χ0n) is 13.9. The van der Waals surface area contributed by atoms with Crippen molar-refractivity contribution in [3.05, 3.63) is 0 Å². The zero-order valence-corrected chi connectivity index (χ0v) is 13.9. The van der Waals surface area contributed by atoms with Gasteiger partial charge in [-0.1, -0.05) is 27.2 Å². The van der Waals surface area contributed by atoms with E-state index in [-0.39, 0.29) is 11.3 Å². The molecule has 6 heteroatoms. The van der Waals surface area contributed by atoms with E-state index in [2.05, 4.69) is 4.90 Å². The van der Waals surface area contributed by atoms with E-state index < -0.39 is 11.6 Å². The smallest absolute Gasteiger partial charge is 0.414 e. The molecule has 1 unspecified atom stereocenters. The number of likely N-dealkylation sites (tertiary alicyclic amines) is 1. The van der Waals surface area contributed by atoms with Crippen LogP contribution in [0.15, 0.2) is 0 Å². The molecule has 0 aromatic carbocycles. The lowest BCUT2D eigenvalue weighted by molar-refractivity contribution is -0.140. The standard InChI is InChI=1S/C16H28N2O4/c1-15(2,3)16(12-17-8-10-22-11-9-17)7-5-4-6-13(19)18(16)14(20)21/h4-12H2,1-3H3,(H,20,21). The van der Waals surface area contributed by atoms with Crippen molar-refractivity contribution in [3.8, 4) is 0 Å². The van der Waals surface area contributed by atoms with Gasteiger partial charge in [0, 0.05) is 26.1 Å². The van der Waals surface area contributed by atoms with Gasteiger partial charge in [0.1, 0.15) is 0 Å². The molecule has 0 spiro atoms. The van der Waals surface area contributed by atoms with Crippen LogP contribution >= 0.6 is 0 Å². The molecule has 0 bridgehead atoms. The van der Waals surface area contributed by atoms with Crippen LogP contribution in [0.2, 0.25) is 0 Å². The van der Waals surface area contributed by atoms with Crippen LogP contribution in [0.4, 0.5) is 4.79 Å². The maximum absolute atomic E-state index is 12.5. The summed E-state index contributed by atoms with van der Waals surface area (Å²) in [5.74, 6) is -0.256. The van der Waals surface area contributed by atoms with Gasteiger partial charge in [0.15, 0.2) is 0 Å². The minimum atomic E-state index is -1.12. The number of rotatable bonds is 2. The second kappa shape index (κ2) is 6.54. The first-order chi connectivity index (χ1) is 10.3. The van der Waals surface area contributed by atoms with Gasteiger partial charge in [-0.25, -0.2) is 9.69 Å². The summed E-state index contributed by atoms with van der Waals surface area (Å²) < 4.78 is 5.39. The van der Waals surface area contributed by atoms with Gasteiger partial charge >= 0.3 is 6.09 Å². The van der Waals surface area contributed by atoms with Crippen molar-refractivity contribution in [1.29, 1.82) is 0 Å². The molecule has 0 aliphatic carbocycles. The van der Waals surface area contributed by atoms with Crippen LogP contribution in [0.3, 0.4) is 0 Å². The Hall–Kier alpha value is -1.14. The second-order valence-electron chi connectivity index (χ2n) is 7.39. The van der Waals surface area contributed by atoms with E-state index >= 15 is 0 Å². The van der Waals surface area contributed by atoms with Crippen LogP contribution in [0.25, 0.3) is 0 Å². The summed E-state index contributed by atoms with van der Waals surface area (Å²) in [6.45, 7) is 9.64. The summed E-state index contributed by atoms with van der Waals surface area (Å²) in [6.07, 6.45) is 1.59. The molecule has 1 N–H and O–H groups in total. The fraction of sp³-hybridized carbons (Fsp3) is 0.875. The van der Waals surface area contributed by atoms with Crippen LogP contribution in [0, 0.1) is 5.41 Å². The number of hydrogen-bond donors (Lipinski definition) is 1. The highest BCUT2D eigenvalue weighted by Gasteiger charge is 2.53. The summed E-state index contributed by atoms with van der Waals surface area (Å²) >= 11 is 0. The van der Waals surface area contributed by atoms with Crippen molar-refractivity contribution >= 4 is 12.0 Å². The molecule has 0 radical (unpaired) electrons. The quantitative estimate of drug-likeness (QED) is 0.846. The summed E-state index contributed by atoms with van der Waals surface area (Å²) in [5.41, 5.74) is -0.993. The van der Waals surface area contributed by atoms with E-state index in [9.17, 15) is 14.7 Å². The van der Waals surface area contributed by atoms with Gasteiger partial charge in [-0.05, 0) is 18.3 Å². The van der Waals surface area contributed by atoms with Crippen molar-refractivity contribution in [2.24, 2.45) is 5.41 Å². The first kappa shape index (κ1) is 17.2.